The molecule has 0 fully saturated rings. The standard InChI is InChI=1S/C24H17F3N2O3S/c25-24(26,27)23-19(5-2-12-28-23)16-3-1-4-18-17(16)10-11-20(18)32-15-8-6-14(7-9-15)21-13-22(30)29-33(21)31/h1-9,12-13,20H,10-11H2,(H,29,30)/t20-,33?/m1/s1. The van der Waals surface area contributed by atoms with Crippen LogP contribution in [0.1, 0.15) is 34.9 Å². The summed E-state index contributed by atoms with van der Waals surface area (Å²) in [5.41, 5.74) is 2.00. The van der Waals surface area contributed by atoms with E-state index in [0.717, 1.165) is 17.3 Å². The number of aromatic nitrogens is 1. The maximum atomic E-state index is 13.5. The minimum absolute atomic E-state index is 0.0628. The summed E-state index contributed by atoms with van der Waals surface area (Å²) in [7, 11) is -1.58. The fourth-order valence-corrected chi connectivity index (χ4v) is 5.16. The van der Waals surface area contributed by atoms with Crippen molar-refractivity contribution in [3.63, 3.8) is 0 Å². The Morgan fingerprint density at radius 3 is 2.48 bits per heavy atom. The van der Waals surface area contributed by atoms with Gasteiger partial charge in [-0.25, -0.2) is 4.21 Å². The number of ether oxygens (including phenoxy) is 1. The number of hydrogen-bond acceptors (Lipinski definition) is 4. The SMILES string of the molecule is O=C1C=C(c2ccc(O[C@@H]3CCc4c(-c5cccnc5C(F)(F)F)cccc43)cc2)S(=O)N1. The van der Waals surface area contributed by atoms with Crippen molar-refractivity contribution in [3.8, 4) is 16.9 Å². The van der Waals surface area contributed by atoms with Crippen molar-refractivity contribution in [3.05, 3.63) is 89.3 Å². The van der Waals surface area contributed by atoms with Gasteiger partial charge in [0.05, 0.1) is 4.91 Å². The number of hydrogen-bond donors (Lipinski definition) is 1. The zero-order valence-electron chi connectivity index (χ0n) is 17.1. The summed E-state index contributed by atoms with van der Waals surface area (Å²) in [6.45, 7) is 0. The molecule has 0 spiro atoms. The van der Waals surface area contributed by atoms with Crippen LogP contribution in [-0.4, -0.2) is 15.1 Å². The number of nitrogens with zero attached hydrogens (tertiary/aromatic N) is 1. The second-order valence-electron chi connectivity index (χ2n) is 7.68. The highest BCUT2D eigenvalue weighted by molar-refractivity contribution is 7.93. The number of fused-ring (bicyclic) bond motifs is 1. The van der Waals surface area contributed by atoms with E-state index in [2.05, 4.69) is 9.71 Å². The zero-order chi connectivity index (χ0) is 23.2. The molecule has 0 radical (unpaired) electrons. The Morgan fingerprint density at radius 2 is 1.79 bits per heavy atom. The quantitative estimate of drug-likeness (QED) is 0.585. The molecule has 1 N–H and O–H groups in total. The maximum absolute atomic E-state index is 13.5. The molecule has 9 heteroatoms. The summed E-state index contributed by atoms with van der Waals surface area (Å²) < 4.78 is 60.9. The molecule has 168 valence electrons. The summed E-state index contributed by atoms with van der Waals surface area (Å²) >= 11 is 0. The maximum Gasteiger partial charge on any atom is 0.433 e. The van der Waals surface area contributed by atoms with E-state index in [1.165, 1.54) is 18.2 Å². The molecule has 1 aromatic heterocycles. The van der Waals surface area contributed by atoms with Crippen molar-refractivity contribution < 1.29 is 26.9 Å². The van der Waals surface area contributed by atoms with Crippen LogP contribution in [-0.2, 0) is 28.4 Å². The number of nitrogens with one attached hydrogen (secondary N) is 1. The highest BCUT2D eigenvalue weighted by Crippen LogP contribution is 2.43. The number of carbonyl (C=O) groups excluding carboxylic acids is 1. The number of halogens is 3. The molecule has 1 aliphatic heterocycles. The van der Waals surface area contributed by atoms with Crippen LogP contribution in [0.5, 0.6) is 5.75 Å². The average Bonchev–Trinajstić information content (AvgIpc) is 3.36. The molecule has 2 heterocycles. The summed E-state index contributed by atoms with van der Waals surface area (Å²) in [6.07, 6.45) is -1.19. The second kappa shape index (κ2) is 8.15. The molecule has 5 nitrogen and oxygen atoms in total. The second-order valence-corrected chi connectivity index (χ2v) is 8.87. The van der Waals surface area contributed by atoms with Crippen LogP contribution in [0.2, 0.25) is 0 Å². The van der Waals surface area contributed by atoms with Crippen LogP contribution in [0.3, 0.4) is 0 Å². The Balaban J connectivity index is 1.42. The molecule has 0 saturated carbocycles. The molecular formula is C24H17F3N2O3S. The first kappa shape index (κ1) is 21.4. The van der Waals surface area contributed by atoms with Crippen molar-refractivity contribution >= 4 is 21.8 Å². The van der Waals surface area contributed by atoms with Gasteiger partial charge in [-0.15, -0.1) is 0 Å². The van der Waals surface area contributed by atoms with Crippen molar-refractivity contribution in [2.45, 2.75) is 25.1 Å². The Morgan fingerprint density at radius 1 is 1.03 bits per heavy atom. The van der Waals surface area contributed by atoms with E-state index in [1.807, 2.05) is 6.07 Å². The van der Waals surface area contributed by atoms with Crippen molar-refractivity contribution in [2.75, 3.05) is 0 Å². The van der Waals surface area contributed by atoms with Crippen LogP contribution < -0.4 is 9.46 Å². The van der Waals surface area contributed by atoms with Crippen molar-refractivity contribution in [2.24, 2.45) is 0 Å². The number of rotatable bonds is 4. The van der Waals surface area contributed by atoms with Gasteiger partial charge in [-0.3, -0.25) is 14.5 Å². The normalized spacial score (nSPS) is 19.7. The first-order chi connectivity index (χ1) is 15.8. The Kier molecular flexibility index (Phi) is 5.28. The Labute approximate surface area is 189 Å². The van der Waals surface area contributed by atoms with Gasteiger partial charge in [0.2, 0.25) is 0 Å². The molecule has 2 aromatic carbocycles. The van der Waals surface area contributed by atoms with Gasteiger partial charge in [-0.2, -0.15) is 13.2 Å². The molecule has 2 aliphatic rings. The van der Waals surface area contributed by atoms with Gasteiger partial charge < -0.3 is 4.74 Å². The fraction of sp³-hybridized carbons (Fsp3) is 0.167. The largest absolute Gasteiger partial charge is 0.486 e. The van der Waals surface area contributed by atoms with Gasteiger partial charge in [-0.05, 0) is 53.3 Å². The summed E-state index contributed by atoms with van der Waals surface area (Å²) in [5, 5.41) is 0. The smallest absolute Gasteiger partial charge is 0.433 e. The summed E-state index contributed by atoms with van der Waals surface area (Å²) in [4.78, 5) is 15.4. The predicted molar refractivity (Wildman–Crippen MR) is 117 cm³/mol. The number of carbonyl (C=O) groups is 1. The van der Waals surface area contributed by atoms with E-state index in [9.17, 15) is 22.2 Å². The van der Waals surface area contributed by atoms with Crippen LogP contribution in [0.15, 0.2) is 66.9 Å². The monoisotopic (exact) mass is 470 g/mol. The lowest BCUT2D eigenvalue weighted by Gasteiger charge is -2.17. The highest BCUT2D eigenvalue weighted by atomic mass is 32.2. The number of pyridine rings is 1. The first-order valence-corrected chi connectivity index (χ1v) is 11.3. The first-order valence-electron chi connectivity index (χ1n) is 10.2. The lowest BCUT2D eigenvalue weighted by Crippen LogP contribution is -2.16. The van der Waals surface area contributed by atoms with E-state index in [-0.39, 0.29) is 11.7 Å². The van der Waals surface area contributed by atoms with Gasteiger partial charge in [0.25, 0.3) is 5.91 Å². The average molecular weight is 470 g/mol. The third kappa shape index (κ3) is 4.04. The van der Waals surface area contributed by atoms with Crippen molar-refractivity contribution in [1.29, 1.82) is 0 Å². The molecule has 5 rings (SSSR count). The topological polar surface area (TPSA) is 68.3 Å². The predicted octanol–water partition coefficient (Wildman–Crippen LogP) is 4.97. The molecule has 1 unspecified atom stereocenters. The van der Waals surface area contributed by atoms with E-state index < -0.39 is 28.8 Å². The van der Waals surface area contributed by atoms with Gasteiger partial charge in [0.1, 0.15) is 11.9 Å². The lowest BCUT2D eigenvalue weighted by molar-refractivity contribution is -0.140. The van der Waals surface area contributed by atoms with E-state index >= 15 is 0 Å². The van der Waals surface area contributed by atoms with E-state index in [4.69, 9.17) is 4.74 Å². The summed E-state index contributed by atoms with van der Waals surface area (Å²) in [6, 6.07) is 15.1. The Bertz CT molecular complexity index is 1300. The third-order valence-corrected chi connectivity index (χ3v) is 6.79. The van der Waals surface area contributed by atoms with Gasteiger partial charge in [-0.1, -0.05) is 36.4 Å². The molecule has 2 atom stereocenters. The fourth-order valence-electron chi connectivity index (χ4n) is 4.24. The minimum atomic E-state index is -4.55. The molecule has 1 aliphatic carbocycles. The van der Waals surface area contributed by atoms with Crippen LogP contribution in [0, 0.1) is 0 Å². The van der Waals surface area contributed by atoms with Crippen LogP contribution >= 0.6 is 0 Å². The lowest BCUT2D eigenvalue weighted by atomic mass is 9.95. The van der Waals surface area contributed by atoms with Gasteiger partial charge in [0, 0.05) is 17.8 Å². The molecular weight excluding hydrogens is 453 g/mol. The number of benzene rings is 2. The van der Waals surface area contributed by atoms with Crippen molar-refractivity contribution in [1.82, 2.24) is 9.71 Å². The molecule has 3 aromatic rings. The zero-order valence-corrected chi connectivity index (χ0v) is 17.9. The molecule has 1 amide bonds. The molecule has 0 saturated heterocycles. The third-order valence-electron chi connectivity index (χ3n) is 5.65. The van der Waals surface area contributed by atoms with Crippen LogP contribution in [0.4, 0.5) is 13.2 Å². The van der Waals surface area contributed by atoms with E-state index in [0.29, 0.717) is 34.6 Å². The van der Waals surface area contributed by atoms with Gasteiger partial charge in [0.15, 0.2) is 16.7 Å². The molecule has 0 bridgehead atoms. The van der Waals surface area contributed by atoms with Crippen LogP contribution in [0.25, 0.3) is 16.0 Å². The minimum Gasteiger partial charge on any atom is -0.486 e. The summed E-state index contributed by atoms with van der Waals surface area (Å²) in [5.74, 6) is 0.173. The number of alkyl halides is 3. The highest BCUT2D eigenvalue weighted by Gasteiger charge is 2.37. The number of amides is 1. The van der Waals surface area contributed by atoms with Gasteiger partial charge >= 0.3 is 6.18 Å². The Hall–Kier alpha value is -3.46. The molecule has 33 heavy (non-hydrogen) atoms. The van der Waals surface area contributed by atoms with E-state index in [1.54, 1.807) is 36.4 Å².